The van der Waals surface area contributed by atoms with Gasteiger partial charge in [-0.3, -0.25) is 14.7 Å². The molecule has 0 spiro atoms. The van der Waals surface area contributed by atoms with Gasteiger partial charge in [-0.05, 0) is 43.5 Å². The number of carbonyl (C=O) groups is 2. The molecule has 1 aromatic carbocycles. The van der Waals surface area contributed by atoms with Crippen LogP contribution < -0.4 is 10.1 Å². The van der Waals surface area contributed by atoms with Crippen molar-refractivity contribution in [1.29, 1.82) is 0 Å². The first-order valence-electron chi connectivity index (χ1n) is 9.59. The highest BCUT2D eigenvalue weighted by atomic mass is 19.4. The zero-order chi connectivity index (χ0) is 21.7. The summed E-state index contributed by atoms with van der Waals surface area (Å²) < 4.78 is 42.2. The Labute approximate surface area is 171 Å². The van der Waals surface area contributed by atoms with Gasteiger partial charge in [-0.25, -0.2) is 0 Å². The van der Waals surface area contributed by atoms with Crippen LogP contribution in [-0.4, -0.2) is 59.3 Å². The normalized spacial score (nSPS) is 15.1. The fourth-order valence-corrected chi connectivity index (χ4v) is 3.31. The number of carbonyl (C=O) groups excluding carboxylic acids is 2. The molecule has 1 saturated heterocycles. The molecule has 0 radical (unpaired) electrons. The van der Waals surface area contributed by atoms with Crippen LogP contribution in [-0.2, 0) is 4.79 Å². The van der Waals surface area contributed by atoms with E-state index in [-0.39, 0.29) is 24.1 Å². The number of nitrogens with zero attached hydrogens (tertiary/aromatic N) is 2. The number of hydrogen-bond donors (Lipinski definition) is 2. The third-order valence-corrected chi connectivity index (χ3v) is 4.92. The molecule has 0 atom stereocenters. The van der Waals surface area contributed by atoms with Crippen LogP contribution in [0.5, 0.6) is 5.75 Å². The zero-order valence-electron chi connectivity index (χ0n) is 16.5. The van der Waals surface area contributed by atoms with Gasteiger partial charge in [-0.1, -0.05) is 12.1 Å². The Morgan fingerprint density at radius 3 is 2.67 bits per heavy atom. The number of nitrogens with one attached hydrogen (secondary N) is 2. The number of ether oxygens (including phenoxy) is 1. The number of H-pyrrole nitrogens is 1. The van der Waals surface area contributed by atoms with Crippen LogP contribution in [0.4, 0.5) is 13.2 Å². The van der Waals surface area contributed by atoms with Gasteiger partial charge >= 0.3 is 6.18 Å². The summed E-state index contributed by atoms with van der Waals surface area (Å²) in [4.78, 5) is 25.9. The number of likely N-dealkylation sites (tertiary alicyclic amines) is 1. The van der Waals surface area contributed by atoms with Gasteiger partial charge in [0.15, 0.2) is 6.61 Å². The first-order valence-corrected chi connectivity index (χ1v) is 9.59. The summed E-state index contributed by atoms with van der Waals surface area (Å²) in [5, 5.41) is 8.34. The van der Waals surface area contributed by atoms with Gasteiger partial charge in [-0.2, -0.15) is 18.3 Å². The highest BCUT2D eigenvalue weighted by molar-refractivity contribution is 5.92. The van der Waals surface area contributed by atoms with Gasteiger partial charge < -0.3 is 15.0 Å². The topological polar surface area (TPSA) is 87.3 Å². The minimum atomic E-state index is -4.47. The minimum absolute atomic E-state index is 0.0400. The van der Waals surface area contributed by atoms with E-state index in [1.807, 2.05) is 25.1 Å². The molecule has 1 aliphatic rings. The summed E-state index contributed by atoms with van der Waals surface area (Å²) in [7, 11) is 0. The van der Waals surface area contributed by atoms with Gasteiger partial charge in [0.1, 0.15) is 18.0 Å². The van der Waals surface area contributed by atoms with E-state index in [0.717, 1.165) is 5.56 Å². The quantitative estimate of drug-likeness (QED) is 0.747. The van der Waals surface area contributed by atoms with E-state index < -0.39 is 18.6 Å². The summed E-state index contributed by atoms with van der Waals surface area (Å²) in [6, 6.07) is 8.94. The van der Waals surface area contributed by atoms with E-state index in [1.165, 1.54) is 6.07 Å². The summed E-state index contributed by atoms with van der Waals surface area (Å²) in [5.41, 5.74) is 1.64. The van der Waals surface area contributed by atoms with Crippen LogP contribution in [0, 0.1) is 6.92 Å². The Hall–Kier alpha value is -3.04. The van der Waals surface area contributed by atoms with Crippen molar-refractivity contribution >= 4 is 11.8 Å². The number of benzene rings is 1. The van der Waals surface area contributed by atoms with Crippen molar-refractivity contribution in [3.8, 4) is 5.75 Å². The molecule has 2 heterocycles. The van der Waals surface area contributed by atoms with Crippen molar-refractivity contribution in [2.45, 2.75) is 31.9 Å². The van der Waals surface area contributed by atoms with Crippen molar-refractivity contribution in [2.75, 3.05) is 26.2 Å². The van der Waals surface area contributed by atoms with Crippen LogP contribution in [0.15, 0.2) is 30.3 Å². The van der Waals surface area contributed by atoms with Crippen molar-refractivity contribution in [2.24, 2.45) is 0 Å². The monoisotopic (exact) mass is 424 g/mol. The molecular weight excluding hydrogens is 401 g/mol. The summed E-state index contributed by atoms with van der Waals surface area (Å²) in [5.74, 6) is -0.294. The van der Waals surface area contributed by atoms with E-state index in [0.29, 0.717) is 37.4 Å². The van der Waals surface area contributed by atoms with Crippen molar-refractivity contribution < 1.29 is 27.5 Å². The molecule has 162 valence electrons. The summed E-state index contributed by atoms with van der Waals surface area (Å²) in [6.45, 7) is 1.55. The SMILES string of the molecule is Cc1cccc(OCC(=O)N2CCC(c3cc(C(=O)NCC(F)(F)F)n[nH]3)CC2)c1. The van der Waals surface area contributed by atoms with E-state index >= 15 is 0 Å². The average Bonchev–Trinajstić information content (AvgIpc) is 3.20. The maximum Gasteiger partial charge on any atom is 0.405 e. The van der Waals surface area contributed by atoms with Crippen LogP contribution in [0.1, 0.15) is 40.5 Å². The molecule has 2 aromatic rings. The molecule has 1 aromatic heterocycles. The smallest absolute Gasteiger partial charge is 0.405 e. The zero-order valence-corrected chi connectivity index (χ0v) is 16.5. The molecule has 1 fully saturated rings. The second-order valence-corrected chi connectivity index (χ2v) is 7.27. The van der Waals surface area contributed by atoms with Crippen molar-refractivity contribution in [1.82, 2.24) is 20.4 Å². The first-order chi connectivity index (χ1) is 14.2. The lowest BCUT2D eigenvalue weighted by molar-refractivity contribution is -0.134. The molecule has 0 unspecified atom stereocenters. The Kier molecular flexibility index (Phi) is 6.63. The van der Waals surface area contributed by atoms with Crippen LogP contribution >= 0.6 is 0 Å². The lowest BCUT2D eigenvalue weighted by Gasteiger charge is -2.31. The fraction of sp³-hybridized carbons (Fsp3) is 0.450. The van der Waals surface area contributed by atoms with Crippen LogP contribution in [0.2, 0.25) is 0 Å². The molecule has 1 aliphatic heterocycles. The molecule has 7 nitrogen and oxygen atoms in total. The largest absolute Gasteiger partial charge is 0.484 e. The van der Waals surface area contributed by atoms with Gasteiger partial charge in [-0.15, -0.1) is 0 Å². The number of aromatic nitrogens is 2. The Bertz CT molecular complexity index is 889. The first kappa shape index (κ1) is 21.7. The summed E-state index contributed by atoms with van der Waals surface area (Å²) >= 11 is 0. The molecule has 0 bridgehead atoms. The second-order valence-electron chi connectivity index (χ2n) is 7.27. The van der Waals surface area contributed by atoms with Gasteiger partial charge in [0.2, 0.25) is 0 Å². The Morgan fingerprint density at radius 2 is 2.00 bits per heavy atom. The second kappa shape index (κ2) is 9.19. The predicted octanol–water partition coefficient (Wildman–Crippen LogP) is 2.80. The lowest BCUT2D eigenvalue weighted by atomic mass is 9.93. The number of amides is 2. The van der Waals surface area contributed by atoms with Crippen LogP contribution in [0.3, 0.4) is 0 Å². The number of hydrogen-bond acceptors (Lipinski definition) is 4. The fourth-order valence-electron chi connectivity index (χ4n) is 3.31. The maximum absolute atomic E-state index is 12.4. The van der Waals surface area contributed by atoms with Gasteiger partial charge in [0.25, 0.3) is 11.8 Å². The molecule has 3 rings (SSSR count). The number of piperidine rings is 1. The number of alkyl halides is 3. The van der Waals surface area contributed by atoms with Crippen molar-refractivity contribution in [3.05, 3.63) is 47.3 Å². The predicted molar refractivity (Wildman–Crippen MR) is 102 cm³/mol. The highest BCUT2D eigenvalue weighted by Gasteiger charge is 2.29. The third kappa shape index (κ3) is 5.98. The number of rotatable bonds is 6. The van der Waals surface area contributed by atoms with E-state index in [1.54, 1.807) is 16.3 Å². The maximum atomic E-state index is 12.4. The molecular formula is C20H23F3N4O3. The number of aryl methyl sites for hydroxylation is 1. The van der Waals surface area contributed by atoms with E-state index in [4.69, 9.17) is 4.74 Å². The summed E-state index contributed by atoms with van der Waals surface area (Å²) in [6.07, 6.45) is -3.17. The average molecular weight is 424 g/mol. The van der Waals surface area contributed by atoms with E-state index in [9.17, 15) is 22.8 Å². The molecule has 30 heavy (non-hydrogen) atoms. The Morgan fingerprint density at radius 1 is 1.27 bits per heavy atom. The molecule has 2 amide bonds. The minimum Gasteiger partial charge on any atom is -0.484 e. The van der Waals surface area contributed by atoms with Gasteiger partial charge in [0, 0.05) is 24.7 Å². The lowest BCUT2D eigenvalue weighted by Crippen LogP contribution is -2.40. The molecule has 2 N–H and O–H groups in total. The molecule has 0 saturated carbocycles. The Balaban J connectivity index is 1.46. The van der Waals surface area contributed by atoms with Crippen molar-refractivity contribution in [3.63, 3.8) is 0 Å². The van der Waals surface area contributed by atoms with E-state index in [2.05, 4.69) is 10.2 Å². The van der Waals surface area contributed by atoms with Gasteiger partial charge in [0.05, 0.1) is 0 Å². The molecule has 10 heteroatoms. The third-order valence-electron chi connectivity index (χ3n) is 4.92. The van der Waals surface area contributed by atoms with Crippen LogP contribution in [0.25, 0.3) is 0 Å². The standard InChI is InChI=1S/C20H23F3N4O3/c1-13-3-2-4-15(9-13)30-11-18(28)27-7-5-14(6-8-27)16-10-17(26-25-16)19(29)24-12-20(21,22)23/h2-4,9-10,14H,5-8,11-12H2,1H3,(H,24,29)(H,25,26). The number of halogens is 3. The molecule has 0 aliphatic carbocycles. The highest BCUT2D eigenvalue weighted by Crippen LogP contribution is 2.27. The number of aromatic amines is 1.